The summed E-state index contributed by atoms with van der Waals surface area (Å²) >= 11 is 1.24. The molecule has 2 aromatic heterocycles. The van der Waals surface area contributed by atoms with Crippen LogP contribution in [0.2, 0.25) is 0 Å². The minimum absolute atomic E-state index is 0.0430. The zero-order chi connectivity index (χ0) is 17.8. The first-order chi connectivity index (χ1) is 12.1. The minimum Gasteiger partial charge on any atom is -0.494 e. The van der Waals surface area contributed by atoms with E-state index in [1.807, 2.05) is 0 Å². The second-order valence-corrected chi connectivity index (χ2v) is 5.92. The van der Waals surface area contributed by atoms with E-state index in [1.54, 1.807) is 29.9 Å². The Hall–Kier alpha value is -2.84. The zero-order valence-electron chi connectivity index (χ0n) is 13.1. The summed E-state index contributed by atoms with van der Waals surface area (Å²) in [6.45, 7) is 0. The van der Waals surface area contributed by atoms with Crippen LogP contribution in [0, 0.1) is 5.82 Å². The van der Waals surface area contributed by atoms with E-state index < -0.39 is 17.8 Å². The second kappa shape index (κ2) is 7.37. The number of halogens is 1. The molecule has 6 nitrogen and oxygen atoms in total. The molecular weight excluding hydrogens is 345 g/mol. The number of aliphatic hydroxyl groups excluding tert-OH is 1. The van der Waals surface area contributed by atoms with Crippen LogP contribution in [0.25, 0.3) is 11.3 Å². The maximum Gasteiger partial charge on any atom is 0.259 e. The Morgan fingerprint density at radius 2 is 2.08 bits per heavy atom. The van der Waals surface area contributed by atoms with Crippen LogP contribution < -0.4 is 10.1 Å². The van der Waals surface area contributed by atoms with Gasteiger partial charge in [-0.15, -0.1) is 11.3 Å². The number of anilines is 1. The third-order valence-corrected chi connectivity index (χ3v) is 4.21. The van der Waals surface area contributed by atoms with E-state index >= 15 is 0 Å². The number of aliphatic hydroxyl groups is 1. The van der Waals surface area contributed by atoms with Gasteiger partial charge in [0, 0.05) is 23.3 Å². The van der Waals surface area contributed by atoms with Gasteiger partial charge in [-0.1, -0.05) is 6.07 Å². The lowest BCUT2D eigenvalue weighted by Gasteiger charge is -2.11. The summed E-state index contributed by atoms with van der Waals surface area (Å²) in [5.74, 6) is -1.27. The van der Waals surface area contributed by atoms with Gasteiger partial charge in [-0.2, -0.15) is 0 Å². The maximum atomic E-state index is 13.4. The number of nitrogens with one attached hydrogen (secondary N) is 1. The molecule has 2 N–H and O–H groups in total. The Bertz CT molecular complexity index is 886. The van der Waals surface area contributed by atoms with Crippen molar-refractivity contribution in [1.82, 2.24) is 9.97 Å². The van der Waals surface area contributed by atoms with Crippen LogP contribution in [0.4, 0.5) is 9.52 Å². The average molecular weight is 359 g/mol. The van der Waals surface area contributed by atoms with Gasteiger partial charge in [-0.05, 0) is 29.8 Å². The number of carbonyl (C=O) groups is 1. The molecule has 8 heteroatoms. The molecule has 3 rings (SSSR count). The number of aromatic nitrogens is 2. The van der Waals surface area contributed by atoms with E-state index in [4.69, 9.17) is 4.74 Å². The normalized spacial score (nSPS) is 11.8. The van der Waals surface area contributed by atoms with Crippen LogP contribution in [0.5, 0.6) is 5.75 Å². The Morgan fingerprint density at radius 3 is 2.80 bits per heavy atom. The summed E-state index contributed by atoms with van der Waals surface area (Å²) in [4.78, 5) is 20.5. The lowest BCUT2D eigenvalue weighted by atomic mass is 10.1. The summed E-state index contributed by atoms with van der Waals surface area (Å²) in [6, 6.07) is 7.35. The van der Waals surface area contributed by atoms with Crippen LogP contribution in [-0.4, -0.2) is 28.1 Å². The van der Waals surface area contributed by atoms with Crippen molar-refractivity contribution in [2.75, 3.05) is 12.4 Å². The fourth-order valence-electron chi connectivity index (χ4n) is 2.16. The molecule has 1 atom stereocenters. The van der Waals surface area contributed by atoms with Crippen LogP contribution >= 0.6 is 11.3 Å². The molecule has 0 aliphatic heterocycles. The molecule has 0 saturated carbocycles. The van der Waals surface area contributed by atoms with Crippen molar-refractivity contribution < 1.29 is 19.0 Å². The molecule has 3 aromatic rings. The number of carbonyl (C=O) groups excluding carboxylic acids is 1. The lowest BCUT2D eigenvalue weighted by Crippen LogP contribution is -2.20. The van der Waals surface area contributed by atoms with E-state index in [0.717, 1.165) is 11.6 Å². The van der Waals surface area contributed by atoms with Crippen molar-refractivity contribution in [1.29, 1.82) is 0 Å². The van der Waals surface area contributed by atoms with Crippen molar-refractivity contribution in [3.8, 4) is 17.0 Å². The fourth-order valence-corrected chi connectivity index (χ4v) is 2.88. The van der Waals surface area contributed by atoms with E-state index in [9.17, 15) is 14.3 Å². The summed E-state index contributed by atoms with van der Waals surface area (Å²) in [5, 5.41) is 14.9. The van der Waals surface area contributed by atoms with Crippen LogP contribution in [0.3, 0.4) is 0 Å². The first kappa shape index (κ1) is 17.0. The first-order valence-electron chi connectivity index (χ1n) is 7.27. The van der Waals surface area contributed by atoms with Gasteiger partial charge in [0.2, 0.25) is 0 Å². The Balaban J connectivity index is 1.73. The summed E-state index contributed by atoms with van der Waals surface area (Å²) in [6.07, 6.45) is 1.83. The Kier molecular flexibility index (Phi) is 5.01. The molecule has 0 fully saturated rings. The van der Waals surface area contributed by atoms with Crippen LogP contribution in [0.15, 0.2) is 48.1 Å². The molecule has 0 spiro atoms. The third-order valence-electron chi connectivity index (χ3n) is 3.45. The van der Waals surface area contributed by atoms with Gasteiger partial charge < -0.3 is 9.84 Å². The van der Waals surface area contributed by atoms with E-state index in [1.165, 1.54) is 30.6 Å². The average Bonchev–Trinajstić information content (AvgIpc) is 3.10. The van der Waals surface area contributed by atoms with Crippen molar-refractivity contribution in [3.63, 3.8) is 0 Å². The predicted octanol–water partition coefficient (Wildman–Crippen LogP) is 3.02. The summed E-state index contributed by atoms with van der Waals surface area (Å²) in [7, 11) is 1.31. The molecule has 25 heavy (non-hydrogen) atoms. The number of benzene rings is 1. The molecular formula is C17H14FN3O3S. The molecule has 128 valence electrons. The van der Waals surface area contributed by atoms with Gasteiger partial charge in [0.15, 0.2) is 22.8 Å². The number of thiazole rings is 1. The number of rotatable bonds is 5. The van der Waals surface area contributed by atoms with Gasteiger partial charge in [0.05, 0.1) is 12.8 Å². The van der Waals surface area contributed by atoms with Crippen molar-refractivity contribution in [2.45, 2.75) is 6.10 Å². The number of methoxy groups -OCH3 is 1. The standard InChI is InChI=1S/C17H14FN3O3S/c1-24-14-8-11(2-3-12(14)18)15(22)16(23)21-17-20-13(9-25-17)10-4-6-19-7-5-10/h2-9,15,22H,1H3,(H,20,21,23). The highest BCUT2D eigenvalue weighted by atomic mass is 32.1. The molecule has 2 heterocycles. The largest absolute Gasteiger partial charge is 0.494 e. The smallest absolute Gasteiger partial charge is 0.259 e. The zero-order valence-corrected chi connectivity index (χ0v) is 14.0. The predicted molar refractivity (Wildman–Crippen MR) is 91.9 cm³/mol. The molecule has 0 radical (unpaired) electrons. The highest BCUT2D eigenvalue weighted by molar-refractivity contribution is 7.14. The number of hydrogen-bond donors (Lipinski definition) is 2. The Labute approximate surface area is 147 Å². The van der Waals surface area contributed by atoms with Crippen LogP contribution in [0.1, 0.15) is 11.7 Å². The highest BCUT2D eigenvalue weighted by Gasteiger charge is 2.20. The molecule has 0 bridgehead atoms. The molecule has 0 aliphatic rings. The van der Waals surface area contributed by atoms with Crippen molar-refractivity contribution in [2.24, 2.45) is 0 Å². The topological polar surface area (TPSA) is 84.3 Å². The molecule has 1 unspecified atom stereocenters. The van der Waals surface area contributed by atoms with E-state index in [0.29, 0.717) is 10.8 Å². The van der Waals surface area contributed by atoms with Crippen molar-refractivity contribution >= 4 is 22.4 Å². The van der Waals surface area contributed by atoms with Gasteiger partial charge in [0.25, 0.3) is 5.91 Å². The van der Waals surface area contributed by atoms with E-state index in [-0.39, 0.29) is 11.3 Å². The number of nitrogens with zero attached hydrogens (tertiary/aromatic N) is 2. The first-order valence-corrected chi connectivity index (χ1v) is 8.14. The summed E-state index contributed by atoms with van der Waals surface area (Å²) < 4.78 is 18.3. The second-order valence-electron chi connectivity index (χ2n) is 5.06. The van der Waals surface area contributed by atoms with Gasteiger partial charge in [-0.25, -0.2) is 9.37 Å². The van der Waals surface area contributed by atoms with Gasteiger partial charge in [0.1, 0.15) is 0 Å². The highest BCUT2D eigenvalue weighted by Crippen LogP contribution is 2.26. The molecule has 1 aromatic carbocycles. The summed E-state index contributed by atoms with van der Waals surface area (Å²) in [5.41, 5.74) is 1.79. The van der Waals surface area contributed by atoms with Crippen LogP contribution in [-0.2, 0) is 4.79 Å². The van der Waals surface area contributed by atoms with Gasteiger partial charge >= 0.3 is 0 Å². The SMILES string of the molecule is COc1cc(C(O)C(=O)Nc2nc(-c3ccncc3)cs2)ccc1F. The maximum absolute atomic E-state index is 13.4. The molecule has 0 saturated heterocycles. The molecule has 0 aliphatic carbocycles. The number of pyridine rings is 1. The minimum atomic E-state index is -1.47. The fraction of sp³-hybridized carbons (Fsp3) is 0.118. The monoisotopic (exact) mass is 359 g/mol. The quantitative estimate of drug-likeness (QED) is 0.731. The van der Waals surface area contributed by atoms with Crippen molar-refractivity contribution in [3.05, 3.63) is 59.5 Å². The third kappa shape index (κ3) is 3.81. The van der Waals surface area contributed by atoms with Gasteiger partial charge in [-0.3, -0.25) is 15.1 Å². The lowest BCUT2D eigenvalue weighted by molar-refractivity contribution is -0.124. The van der Waals surface area contributed by atoms with E-state index in [2.05, 4.69) is 15.3 Å². The Morgan fingerprint density at radius 1 is 1.32 bits per heavy atom. The molecule has 1 amide bonds. The number of hydrogen-bond acceptors (Lipinski definition) is 6. The number of amides is 1. The number of ether oxygens (including phenoxy) is 1.